The first-order valence-corrected chi connectivity index (χ1v) is 7.55. The monoisotopic (exact) mass is 310 g/mol. The fourth-order valence-corrected chi connectivity index (χ4v) is 2.16. The second-order valence-corrected chi connectivity index (χ2v) is 5.39. The summed E-state index contributed by atoms with van der Waals surface area (Å²) in [5.74, 6) is -1.12. The number of thioether (sulfide) groups is 1. The zero-order valence-corrected chi connectivity index (χ0v) is 12.5. The van der Waals surface area contributed by atoms with Crippen LogP contribution in [0.1, 0.15) is 12.0 Å². The number of nitrogens with one attached hydrogen (secondary N) is 2. The first kappa shape index (κ1) is 17.0. The number of anilines is 1. The molecule has 6 nitrogen and oxygen atoms in total. The first-order valence-electron chi connectivity index (χ1n) is 6.40. The molecule has 2 amide bonds. The molecule has 7 heteroatoms. The normalized spacial score (nSPS) is 9.95. The van der Waals surface area contributed by atoms with Gasteiger partial charge in [-0.1, -0.05) is 12.1 Å². The molecule has 0 unspecified atom stereocenters. The minimum Gasteiger partial charge on any atom is -0.481 e. The number of rotatable bonds is 8. The van der Waals surface area contributed by atoms with Crippen LogP contribution in [0.4, 0.5) is 5.69 Å². The zero-order valence-electron chi connectivity index (χ0n) is 11.7. The Morgan fingerprint density at radius 1 is 1.19 bits per heavy atom. The van der Waals surface area contributed by atoms with Gasteiger partial charge in [0.15, 0.2) is 0 Å². The van der Waals surface area contributed by atoms with Crippen LogP contribution in [-0.2, 0) is 14.4 Å². The van der Waals surface area contributed by atoms with Gasteiger partial charge in [-0.25, -0.2) is 0 Å². The van der Waals surface area contributed by atoms with E-state index < -0.39 is 5.97 Å². The van der Waals surface area contributed by atoms with E-state index in [1.165, 1.54) is 11.8 Å². The largest absolute Gasteiger partial charge is 0.481 e. The molecule has 114 valence electrons. The van der Waals surface area contributed by atoms with Crippen molar-refractivity contribution in [1.82, 2.24) is 5.32 Å². The SMILES string of the molecule is Cc1cccc(NC(=O)CSCC(=O)NCCC(=O)O)c1. The molecular formula is C14H18N2O4S. The molecule has 3 N–H and O–H groups in total. The van der Waals surface area contributed by atoms with Gasteiger partial charge in [-0.15, -0.1) is 11.8 Å². The Morgan fingerprint density at radius 2 is 1.90 bits per heavy atom. The van der Waals surface area contributed by atoms with Crippen molar-refractivity contribution in [1.29, 1.82) is 0 Å². The fourth-order valence-electron chi connectivity index (χ4n) is 1.52. The summed E-state index contributed by atoms with van der Waals surface area (Å²) in [4.78, 5) is 33.3. The molecule has 0 spiro atoms. The lowest BCUT2D eigenvalue weighted by molar-refractivity contribution is -0.136. The van der Waals surface area contributed by atoms with E-state index in [9.17, 15) is 14.4 Å². The average Bonchev–Trinajstić information content (AvgIpc) is 2.38. The smallest absolute Gasteiger partial charge is 0.305 e. The molecule has 0 aliphatic heterocycles. The quantitative estimate of drug-likeness (QED) is 0.672. The van der Waals surface area contributed by atoms with Gasteiger partial charge in [-0.2, -0.15) is 0 Å². The van der Waals surface area contributed by atoms with E-state index in [0.29, 0.717) is 0 Å². The van der Waals surface area contributed by atoms with Crippen LogP contribution in [0.15, 0.2) is 24.3 Å². The molecule has 0 atom stereocenters. The average molecular weight is 310 g/mol. The minimum atomic E-state index is -0.958. The van der Waals surface area contributed by atoms with E-state index in [2.05, 4.69) is 10.6 Å². The summed E-state index contributed by atoms with van der Waals surface area (Å²) >= 11 is 1.18. The first-order chi connectivity index (χ1) is 9.97. The van der Waals surface area contributed by atoms with Crippen molar-refractivity contribution in [3.8, 4) is 0 Å². The van der Waals surface area contributed by atoms with E-state index in [1.54, 1.807) is 6.07 Å². The molecule has 21 heavy (non-hydrogen) atoms. The summed E-state index contributed by atoms with van der Waals surface area (Å²) in [6.45, 7) is 2.04. The highest BCUT2D eigenvalue weighted by molar-refractivity contribution is 8.00. The lowest BCUT2D eigenvalue weighted by Gasteiger charge is -2.06. The van der Waals surface area contributed by atoms with Crippen LogP contribution < -0.4 is 10.6 Å². The standard InChI is InChI=1S/C14H18N2O4S/c1-10-3-2-4-11(7-10)16-13(18)9-21-8-12(17)15-6-5-14(19)20/h2-4,7H,5-6,8-9H2,1H3,(H,15,17)(H,16,18)(H,19,20). The van der Waals surface area contributed by atoms with Gasteiger partial charge in [-0.05, 0) is 24.6 Å². The molecule has 0 bridgehead atoms. The van der Waals surface area contributed by atoms with Gasteiger partial charge >= 0.3 is 5.97 Å². The third-order valence-corrected chi connectivity index (χ3v) is 3.36. The molecule has 0 aliphatic carbocycles. The van der Waals surface area contributed by atoms with Gasteiger partial charge in [0.1, 0.15) is 0 Å². The fraction of sp³-hybridized carbons (Fsp3) is 0.357. The number of carbonyl (C=O) groups excluding carboxylic acids is 2. The molecule has 0 heterocycles. The van der Waals surface area contributed by atoms with Crippen LogP contribution in [-0.4, -0.2) is 40.9 Å². The third kappa shape index (κ3) is 7.98. The number of amides is 2. The Hall–Kier alpha value is -2.02. The predicted octanol–water partition coefficient (Wildman–Crippen LogP) is 1.26. The maximum atomic E-state index is 11.7. The lowest BCUT2D eigenvalue weighted by atomic mass is 10.2. The number of hydrogen-bond donors (Lipinski definition) is 3. The Labute approximate surface area is 127 Å². The molecule has 0 saturated carbocycles. The zero-order chi connectivity index (χ0) is 15.7. The second-order valence-electron chi connectivity index (χ2n) is 4.40. The van der Waals surface area contributed by atoms with Crippen molar-refractivity contribution in [3.63, 3.8) is 0 Å². The summed E-state index contributed by atoms with van der Waals surface area (Å²) < 4.78 is 0. The van der Waals surface area contributed by atoms with Gasteiger partial charge < -0.3 is 15.7 Å². The van der Waals surface area contributed by atoms with Crippen molar-refractivity contribution in [3.05, 3.63) is 29.8 Å². The van der Waals surface area contributed by atoms with Crippen LogP contribution in [0, 0.1) is 6.92 Å². The van der Waals surface area contributed by atoms with E-state index in [0.717, 1.165) is 11.3 Å². The van der Waals surface area contributed by atoms with Crippen molar-refractivity contribution in [2.45, 2.75) is 13.3 Å². The van der Waals surface area contributed by atoms with Crippen molar-refractivity contribution in [2.75, 3.05) is 23.4 Å². The molecular weight excluding hydrogens is 292 g/mol. The lowest BCUT2D eigenvalue weighted by Crippen LogP contribution is -2.28. The highest BCUT2D eigenvalue weighted by atomic mass is 32.2. The molecule has 0 radical (unpaired) electrons. The van der Waals surface area contributed by atoms with Crippen molar-refractivity contribution >= 4 is 35.2 Å². The van der Waals surface area contributed by atoms with Gasteiger partial charge in [-0.3, -0.25) is 14.4 Å². The molecule has 1 aromatic rings. The van der Waals surface area contributed by atoms with E-state index in [4.69, 9.17) is 5.11 Å². The van der Waals surface area contributed by atoms with Gasteiger partial charge in [0.2, 0.25) is 11.8 Å². The molecule has 1 aromatic carbocycles. The predicted molar refractivity (Wildman–Crippen MR) is 82.4 cm³/mol. The van der Waals surface area contributed by atoms with Crippen LogP contribution >= 0.6 is 11.8 Å². The van der Waals surface area contributed by atoms with Crippen molar-refractivity contribution < 1.29 is 19.5 Å². The number of carboxylic acid groups (broad SMARTS) is 1. The third-order valence-electron chi connectivity index (χ3n) is 2.43. The topological polar surface area (TPSA) is 95.5 Å². The number of carbonyl (C=O) groups is 3. The Bertz CT molecular complexity index is 519. The van der Waals surface area contributed by atoms with Crippen LogP contribution in [0.25, 0.3) is 0 Å². The summed E-state index contributed by atoms with van der Waals surface area (Å²) in [6, 6.07) is 7.45. The van der Waals surface area contributed by atoms with Gasteiger partial charge in [0.25, 0.3) is 0 Å². The van der Waals surface area contributed by atoms with E-state index in [-0.39, 0.29) is 36.3 Å². The number of benzene rings is 1. The Morgan fingerprint density at radius 3 is 2.57 bits per heavy atom. The Balaban J connectivity index is 2.18. The van der Waals surface area contributed by atoms with E-state index in [1.807, 2.05) is 25.1 Å². The number of aryl methyl sites for hydroxylation is 1. The van der Waals surface area contributed by atoms with Gasteiger partial charge in [0.05, 0.1) is 17.9 Å². The molecule has 0 aromatic heterocycles. The van der Waals surface area contributed by atoms with Crippen molar-refractivity contribution in [2.24, 2.45) is 0 Å². The van der Waals surface area contributed by atoms with Crippen LogP contribution in [0.5, 0.6) is 0 Å². The second kappa shape index (κ2) is 9.02. The summed E-state index contributed by atoms with van der Waals surface area (Å²) in [6.07, 6.45) is -0.107. The van der Waals surface area contributed by atoms with E-state index >= 15 is 0 Å². The number of carboxylic acids is 1. The van der Waals surface area contributed by atoms with Crippen LogP contribution in [0.2, 0.25) is 0 Å². The molecule has 0 aliphatic rings. The molecule has 0 fully saturated rings. The number of hydrogen-bond acceptors (Lipinski definition) is 4. The highest BCUT2D eigenvalue weighted by Gasteiger charge is 2.06. The summed E-state index contributed by atoms with van der Waals surface area (Å²) in [5.41, 5.74) is 1.78. The van der Waals surface area contributed by atoms with Crippen LogP contribution in [0.3, 0.4) is 0 Å². The minimum absolute atomic E-state index is 0.101. The molecule has 0 saturated heterocycles. The summed E-state index contributed by atoms with van der Waals surface area (Å²) in [7, 11) is 0. The maximum Gasteiger partial charge on any atom is 0.305 e. The Kier molecular flexibility index (Phi) is 7.31. The number of aliphatic carboxylic acids is 1. The molecule has 1 rings (SSSR count). The van der Waals surface area contributed by atoms with Gasteiger partial charge in [0, 0.05) is 12.2 Å². The highest BCUT2D eigenvalue weighted by Crippen LogP contribution is 2.10. The maximum absolute atomic E-state index is 11.7. The summed E-state index contributed by atoms with van der Waals surface area (Å²) in [5, 5.41) is 13.6.